The molecule has 2 aliphatic rings. The summed E-state index contributed by atoms with van der Waals surface area (Å²) in [7, 11) is 0. The quantitative estimate of drug-likeness (QED) is 0.652. The maximum atomic E-state index is 10.9. The second kappa shape index (κ2) is 3.08. The van der Waals surface area contributed by atoms with Crippen LogP contribution in [0.15, 0.2) is 0 Å². The molecule has 0 spiro atoms. The molecule has 0 aromatic carbocycles. The largest absolute Gasteiger partial charge is 0.481 e. The zero-order valence-corrected chi connectivity index (χ0v) is 7.33. The Labute approximate surface area is 73.0 Å². The summed E-state index contributed by atoms with van der Waals surface area (Å²) in [5.74, 6) is 0.717. The van der Waals surface area contributed by atoms with Gasteiger partial charge in [-0.25, -0.2) is 0 Å². The van der Waals surface area contributed by atoms with E-state index >= 15 is 0 Å². The van der Waals surface area contributed by atoms with E-state index in [4.69, 9.17) is 5.11 Å². The van der Waals surface area contributed by atoms with Gasteiger partial charge >= 0.3 is 5.97 Å². The van der Waals surface area contributed by atoms with E-state index in [2.05, 4.69) is 0 Å². The molecule has 2 nitrogen and oxygen atoms in total. The van der Waals surface area contributed by atoms with Gasteiger partial charge in [0.25, 0.3) is 0 Å². The Kier molecular flexibility index (Phi) is 2.07. The lowest BCUT2D eigenvalue weighted by atomic mass is 9.74. The second-order valence-corrected chi connectivity index (χ2v) is 4.23. The minimum absolute atomic E-state index is 0.00810. The molecule has 2 fully saturated rings. The zero-order valence-electron chi connectivity index (χ0n) is 7.33. The van der Waals surface area contributed by atoms with Crippen molar-refractivity contribution in [2.45, 2.75) is 38.5 Å². The molecule has 0 heterocycles. The molecule has 2 saturated carbocycles. The van der Waals surface area contributed by atoms with Gasteiger partial charge in [-0.3, -0.25) is 4.79 Å². The third-order valence-electron chi connectivity index (χ3n) is 3.64. The highest BCUT2D eigenvalue weighted by atomic mass is 16.4. The van der Waals surface area contributed by atoms with Crippen LogP contribution in [0.4, 0.5) is 0 Å². The summed E-state index contributed by atoms with van der Waals surface area (Å²) < 4.78 is 0. The van der Waals surface area contributed by atoms with Crippen LogP contribution < -0.4 is 0 Å². The first kappa shape index (κ1) is 8.09. The van der Waals surface area contributed by atoms with Crippen LogP contribution in [0.25, 0.3) is 0 Å². The van der Waals surface area contributed by atoms with E-state index in [1.807, 2.05) is 0 Å². The molecule has 0 amide bonds. The Hall–Kier alpha value is -0.530. The van der Waals surface area contributed by atoms with Gasteiger partial charge in [-0.05, 0) is 24.7 Å². The third-order valence-corrected chi connectivity index (χ3v) is 3.64. The molecule has 12 heavy (non-hydrogen) atoms. The molecule has 2 aliphatic carbocycles. The summed E-state index contributed by atoms with van der Waals surface area (Å²) in [5.41, 5.74) is 0. The normalized spacial score (nSPS) is 40.8. The first-order valence-electron chi connectivity index (χ1n) is 5.02. The molecule has 0 radical (unpaired) electrons. The van der Waals surface area contributed by atoms with E-state index < -0.39 is 5.97 Å². The fraction of sp³-hybridized carbons (Fsp3) is 0.900. The van der Waals surface area contributed by atoms with Crippen molar-refractivity contribution in [3.05, 3.63) is 0 Å². The van der Waals surface area contributed by atoms with Crippen LogP contribution in [0.2, 0.25) is 0 Å². The van der Waals surface area contributed by atoms with Crippen molar-refractivity contribution in [2.75, 3.05) is 0 Å². The molecule has 0 aromatic rings. The van der Waals surface area contributed by atoms with Crippen molar-refractivity contribution in [1.29, 1.82) is 0 Å². The fourth-order valence-corrected chi connectivity index (χ4v) is 3.07. The summed E-state index contributed by atoms with van der Waals surface area (Å²) in [4.78, 5) is 10.9. The monoisotopic (exact) mass is 168 g/mol. The van der Waals surface area contributed by atoms with E-state index in [0.29, 0.717) is 5.92 Å². The Bertz CT molecular complexity index is 188. The van der Waals surface area contributed by atoms with Crippen LogP contribution in [-0.4, -0.2) is 11.1 Å². The Balaban J connectivity index is 2.08. The van der Waals surface area contributed by atoms with Crippen LogP contribution in [0.1, 0.15) is 38.5 Å². The average Bonchev–Trinajstić information content (AvgIpc) is 2.49. The smallest absolute Gasteiger partial charge is 0.306 e. The molecule has 68 valence electrons. The van der Waals surface area contributed by atoms with Crippen LogP contribution in [0.3, 0.4) is 0 Å². The Morgan fingerprint density at radius 1 is 1.08 bits per heavy atom. The predicted octanol–water partition coefficient (Wildman–Crippen LogP) is 2.29. The summed E-state index contributed by atoms with van der Waals surface area (Å²) in [6, 6.07) is 0. The van der Waals surface area contributed by atoms with Crippen molar-refractivity contribution < 1.29 is 9.90 Å². The Morgan fingerprint density at radius 2 is 1.75 bits per heavy atom. The second-order valence-electron chi connectivity index (χ2n) is 4.23. The number of hydrogen-bond acceptors (Lipinski definition) is 1. The molecular weight excluding hydrogens is 152 g/mol. The molecule has 0 aliphatic heterocycles. The number of carboxylic acids is 1. The molecule has 0 bridgehead atoms. The molecule has 1 N–H and O–H groups in total. The van der Waals surface area contributed by atoms with Gasteiger partial charge in [0, 0.05) is 0 Å². The topological polar surface area (TPSA) is 37.3 Å². The predicted molar refractivity (Wildman–Crippen MR) is 45.8 cm³/mol. The lowest BCUT2D eigenvalue weighted by Gasteiger charge is -2.30. The standard InChI is InChI=1S/C10H16O2/c11-10(12)9-6-2-4-7-3-1-5-8(7)9/h7-9H,1-6H2,(H,11,12). The van der Waals surface area contributed by atoms with E-state index in [1.54, 1.807) is 0 Å². The molecule has 2 heteroatoms. The maximum Gasteiger partial charge on any atom is 0.306 e. The third kappa shape index (κ3) is 1.23. The van der Waals surface area contributed by atoms with E-state index in [0.717, 1.165) is 18.8 Å². The van der Waals surface area contributed by atoms with Crippen molar-refractivity contribution in [2.24, 2.45) is 17.8 Å². The molecule has 0 aromatic heterocycles. The number of aliphatic carboxylic acids is 1. The van der Waals surface area contributed by atoms with Gasteiger partial charge in [-0.1, -0.05) is 25.7 Å². The van der Waals surface area contributed by atoms with E-state index in [1.165, 1.54) is 25.7 Å². The Morgan fingerprint density at radius 3 is 2.42 bits per heavy atom. The molecular formula is C10H16O2. The van der Waals surface area contributed by atoms with Gasteiger partial charge in [0.2, 0.25) is 0 Å². The number of rotatable bonds is 1. The highest BCUT2D eigenvalue weighted by molar-refractivity contribution is 5.70. The summed E-state index contributed by atoms with van der Waals surface area (Å²) >= 11 is 0. The molecule has 0 saturated heterocycles. The first-order chi connectivity index (χ1) is 5.79. The molecule has 3 atom stereocenters. The highest BCUT2D eigenvalue weighted by Crippen LogP contribution is 2.45. The number of fused-ring (bicyclic) bond motifs is 1. The minimum atomic E-state index is -0.549. The average molecular weight is 168 g/mol. The van der Waals surface area contributed by atoms with E-state index in [9.17, 15) is 4.79 Å². The summed E-state index contributed by atoms with van der Waals surface area (Å²) in [5, 5.41) is 8.99. The SMILES string of the molecule is O=C(O)C1CCCC2CCCC21. The van der Waals surface area contributed by atoms with Gasteiger partial charge in [0.1, 0.15) is 0 Å². The van der Waals surface area contributed by atoms with Gasteiger partial charge in [0.05, 0.1) is 5.92 Å². The van der Waals surface area contributed by atoms with Gasteiger partial charge in [-0.15, -0.1) is 0 Å². The summed E-state index contributed by atoms with van der Waals surface area (Å²) in [6.45, 7) is 0. The number of carbonyl (C=O) groups is 1. The van der Waals surface area contributed by atoms with Crippen molar-refractivity contribution in [1.82, 2.24) is 0 Å². The van der Waals surface area contributed by atoms with Crippen LogP contribution >= 0.6 is 0 Å². The lowest BCUT2D eigenvalue weighted by Crippen LogP contribution is -2.30. The van der Waals surface area contributed by atoms with Gasteiger partial charge < -0.3 is 5.11 Å². The van der Waals surface area contributed by atoms with E-state index in [-0.39, 0.29) is 5.92 Å². The maximum absolute atomic E-state index is 10.9. The van der Waals surface area contributed by atoms with Crippen molar-refractivity contribution in [3.63, 3.8) is 0 Å². The number of carboxylic acid groups (broad SMARTS) is 1. The highest BCUT2D eigenvalue weighted by Gasteiger charge is 2.39. The summed E-state index contributed by atoms with van der Waals surface area (Å²) in [6.07, 6.45) is 7.07. The van der Waals surface area contributed by atoms with Gasteiger partial charge in [-0.2, -0.15) is 0 Å². The molecule has 3 unspecified atom stereocenters. The molecule has 2 rings (SSSR count). The van der Waals surface area contributed by atoms with Crippen LogP contribution in [0, 0.1) is 17.8 Å². The minimum Gasteiger partial charge on any atom is -0.481 e. The fourth-order valence-electron chi connectivity index (χ4n) is 3.07. The first-order valence-corrected chi connectivity index (χ1v) is 5.02. The number of hydrogen-bond donors (Lipinski definition) is 1. The van der Waals surface area contributed by atoms with Crippen molar-refractivity contribution >= 4 is 5.97 Å². The lowest BCUT2D eigenvalue weighted by molar-refractivity contribution is -0.145. The van der Waals surface area contributed by atoms with Crippen molar-refractivity contribution in [3.8, 4) is 0 Å². The van der Waals surface area contributed by atoms with Crippen LogP contribution in [0.5, 0.6) is 0 Å². The van der Waals surface area contributed by atoms with Gasteiger partial charge in [0.15, 0.2) is 0 Å². The van der Waals surface area contributed by atoms with Crippen LogP contribution in [-0.2, 0) is 4.79 Å². The zero-order chi connectivity index (χ0) is 8.55.